The first-order chi connectivity index (χ1) is 18.2. The van der Waals surface area contributed by atoms with Crippen LogP contribution in [0.4, 0.5) is 0 Å². The summed E-state index contributed by atoms with van der Waals surface area (Å²) in [6.45, 7) is 0.251. The fourth-order valence-electron chi connectivity index (χ4n) is 4.33. The Labute approximate surface area is 218 Å². The van der Waals surface area contributed by atoms with Crippen LogP contribution in [0.2, 0.25) is 0 Å². The number of carbonyl (C=O) groups is 5. The van der Waals surface area contributed by atoms with E-state index in [9.17, 15) is 29.1 Å². The molecular weight excluding hydrogens is 496 g/mol. The smallest absolute Gasteiger partial charge is 0.326 e. The average Bonchev–Trinajstić information content (AvgIpc) is 3.59. The fraction of sp³-hybridized carbons (Fsp3) is 0.440. The Balaban J connectivity index is 1.74. The van der Waals surface area contributed by atoms with Gasteiger partial charge in [-0.25, -0.2) is 9.78 Å². The molecule has 0 bridgehead atoms. The molecule has 4 unspecified atom stereocenters. The number of carboxylic acids is 2. The van der Waals surface area contributed by atoms with Gasteiger partial charge in [0.05, 0.1) is 12.4 Å². The number of aromatic nitrogens is 2. The SMILES string of the molecule is NC(CCC(=O)O)C(=O)NC(Cc1ccccc1)C(=O)N1CCCC1C(=O)NC(Cc1cnc[nH]1)C(=O)O. The Morgan fingerprint density at radius 3 is 2.45 bits per heavy atom. The number of aromatic amines is 1. The highest BCUT2D eigenvalue weighted by molar-refractivity contribution is 5.94. The molecule has 0 saturated carbocycles. The molecule has 0 spiro atoms. The summed E-state index contributed by atoms with van der Waals surface area (Å²) in [7, 11) is 0. The molecule has 1 aromatic carbocycles. The van der Waals surface area contributed by atoms with Gasteiger partial charge in [0.15, 0.2) is 0 Å². The lowest BCUT2D eigenvalue weighted by molar-refractivity contribution is -0.145. The third-order valence-corrected chi connectivity index (χ3v) is 6.34. The molecule has 204 valence electrons. The second kappa shape index (κ2) is 13.3. The monoisotopic (exact) mass is 528 g/mol. The van der Waals surface area contributed by atoms with Gasteiger partial charge in [-0.2, -0.15) is 0 Å². The lowest BCUT2D eigenvalue weighted by atomic mass is 10.0. The molecule has 1 aliphatic heterocycles. The summed E-state index contributed by atoms with van der Waals surface area (Å²) in [6, 6.07) is 4.63. The molecule has 2 heterocycles. The highest BCUT2D eigenvalue weighted by Crippen LogP contribution is 2.20. The van der Waals surface area contributed by atoms with E-state index in [1.165, 1.54) is 17.4 Å². The quantitative estimate of drug-likeness (QED) is 0.196. The van der Waals surface area contributed by atoms with E-state index in [1.54, 1.807) is 24.3 Å². The number of imidazole rings is 1. The molecule has 3 amide bonds. The van der Waals surface area contributed by atoms with E-state index in [4.69, 9.17) is 10.8 Å². The zero-order valence-corrected chi connectivity index (χ0v) is 20.7. The number of benzene rings is 1. The van der Waals surface area contributed by atoms with Crippen LogP contribution < -0.4 is 16.4 Å². The summed E-state index contributed by atoms with van der Waals surface area (Å²) in [5.41, 5.74) is 7.14. The maximum atomic E-state index is 13.6. The third-order valence-electron chi connectivity index (χ3n) is 6.34. The van der Waals surface area contributed by atoms with Gasteiger partial charge in [0.2, 0.25) is 17.7 Å². The molecule has 0 aliphatic carbocycles. The topological polar surface area (TPSA) is 208 Å². The van der Waals surface area contributed by atoms with E-state index < -0.39 is 53.8 Å². The predicted octanol–water partition coefficient (Wildman–Crippen LogP) is -0.568. The minimum absolute atomic E-state index is 0.0112. The molecule has 4 atom stereocenters. The number of carbonyl (C=O) groups excluding carboxylic acids is 3. The van der Waals surface area contributed by atoms with E-state index in [2.05, 4.69) is 20.6 Å². The van der Waals surface area contributed by atoms with Crippen LogP contribution >= 0.6 is 0 Å². The molecule has 13 heteroatoms. The van der Waals surface area contributed by atoms with Gasteiger partial charge in [-0.05, 0) is 24.8 Å². The number of nitrogens with two attached hydrogens (primary N) is 1. The van der Waals surface area contributed by atoms with Crippen molar-refractivity contribution in [2.24, 2.45) is 5.73 Å². The van der Waals surface area contributed by atoms with E-state index in [0.717, 1.165) is 5.56 Å². The number of hydrogen-bond acceptors (Lipinski definition) is 7. The standard InChI is InChI=1S/C25H32N6O7/c26-17(8-9-21(32)33)22(34)29-18(11-15-5-2-1-3-6-15)24(36)31-10-4-7-20(31)23(35)30-19(25(37)38)12-16-13-27-14-28-16/h1-3,5-6,13-14,17-20H,4,7-12,26H2,(H,27,28)(H,29,34)(H,30,35)(H,32,33)(H,37,38). The number of carboxylic acid groups (broad SMARTS) is 2. The Hall–Kier alpha value is -4.26. The zero-order chi connectivity index (χ0) is 27.7. The van der Waals surface area contributed by atoms with Crippen molar-refractivity contribution in [1.29, 1.82) is 0 Å². The maximum Gasteiger partial charge on any atom is 0.326 e. The second-order valence-corrected chi connectivity index (χ2v) is 9.16. The number of likely N-dealkylation sites (tertiary alicyclic amines) is 1. The summed E-state index contributed by atoms with van der Waals surface area (Å²) in [5.74, 6) is -4.11. The van der Waals surface area contributed by atoms with Crippen LogP contribution in [0.15, 0.2) is 42.9 Å². The van der Waals surface area contributed by atoms with Crippen LogP contribution in [0.1, 0.15) is 36.9 Å². The van der Waals surface area contributed by atoms with Crippen LogP contribution in [0, 0.1) is 0 Å². The van der Waals surface area contributed by atoms with Crippen LogP contribution in [-0.4, -0.2) is 85.5 Å². The Morgan fingerprint density at radius 1 is 1.08 bits per heavy atom. The highest BCUT2D eigenvalue weighted by atomic mass is 16.4. The van der Waals surface area contributed by atoms with Crippen molar-refractivity contribution in [3.05, 3.63) is 54.1 Å². The largest absolute Gasteiger partial charge is 0.481 e. The van der Waals surface area contributed by atoms with Crippen LogP contribution in [0.5, 0.6) is 0 Å². The van der Waals surface area contributed by atoms with Crippen LogP contribution in [-0.2, 0) is 36.8 Å². The molecule has 38 heavy (non-hydrogen) atoms. The number of hydrogen-bond donors (Lipinski definition) is 6. The van der Waals surface area contributed by atoms with E-state index in [-0.39, 0.29) is 32.2 Å². The normalized spacial score (nSPS) is 17.3. The van der Waals surface area contributed by atoms with E-state index >= 15 is 0 Å². The zero-order valence-electron chi connectivity index (χ0n) is 20.7. The van der Waals surface area contributed by atoms with Gasteiger partial charge in [-0.15, -0.1) is 0 Å². The maximum absolute atomic E-state index is 13.6. The second-order valence-electron chi connectivity index (χ2n) is 9.16. The molecule has 1 aromatic heterocycles. The summed E-state index contributed by atoms with van der Waals surface area (Å²) >= 11 is 0. The molecule has 1 saturated heterocycles. The molecule has 0 radical (unpaired) electrons. The first-order valence-corrected chi connectivity index (χ1v) is 12.3. The average molecular weight is 529 g/mol. The van der Waals surface area contributed by atoms with Gasteiger partial charge < -0.3 is 36.5 Å². The van der Waals surface area contributed by atoms with Crippen molar-refractivity contribution in [2.45, 2.75) is 62.7 Å². The molecule has 3 rings (SSSR count). The number of H-pyrrole nitrogens is 1. The van der Waals surface area contributed by atoms with Crippen LogP contribution in [0.25, 0.3) is 0 Å². The Kier molecular flexibility index (Phi) is 9.93. The Bertz CT molecular complexity index is 1120. The van der Waals surface area contributed by atoms with E-state index in [0.29, 0.717) is 18.5 Å². The van der Waals surface area contributed by atoms with Crippen molar-refractivity contribution in [3.8, 4) is 0 Å². The van der Waals surface area contributed by atoms with Gasteiger partial charge >= 0.3 is 11.9 Å². The summed E-state index contributed by atoms with van der Waals surface area (Å²) in [4.78, 5) is 70.1. The number of aliphatic carboxylic acids is 2. The van der Waals surface area contributed by atoms with Gasteiger partial charge in [0, 0.05) is 37.7 Å². The summed E-state index contributed by atoms with van der Waals surface area (Å²) < 4.78 is 0. The van der Waals surface area contributed by atoms with Gasteiger partial charge in [0.1, 0.15) is 18.1 Å². The van der Waals surface area contributed by atoms with Gasteiger partial charge in [0.25, 0.3) is 0 Å². The summed E-state index contributed by atoms with van der Waals surface area (Å²) in [5, 5.41) is 23.6. The number of nitrogens with zero attached hydrogens (tertiary/aromatic N) is 2. The third kappa shape index (κ3) is 7.87. The van der Waals surface area contributed by atoms with Crippen molar-refractivity contribution in [1.82, 2.24) is 25.5 Å². The minimum atomic E-state index is -1.23. The predicted molar refractivity (Wildman–Crippen MR) is 134 cm³/mol. The van der Waals surface area contributed by atoms with E-state index in [1.807, 2.05) is 6.07 Å². The lowest BCUT2D eigenvalue weighted by Crippen LogP contribution is -2.57. The molecule has 7 N–H and O–H groups in total. The fourth-order valence-corrected chi connectivity index (χ4v) is 4.33. The van der Waals surface area contributed by atoms with Crippen molar-refractivity contribution in [2.75, 3.05) is 6.54 Å². The number of amides is 3. The van der Waals surface area contributed by atoms with Crippen LogP contribution in [0.3, 0.4) is 0 Å². The van der Waals surface area contributed by atoms with Crippen molar-refractivity contribution >= 4 is 29.7 Å². The number of rotatable bonds is 13. The molecule has 13 nitrogen and oxygen atoms in total. The minimum Gasteiger partial charge on any atom is -0.481 e. The molecule has 1 fully saturated rings. The molecule has 2 aromatic rings. The molecular formula is C25H32N6O7. The van der Waals surface area contributed by atoms with Crippen molar-refractivity contribution in [3.63, 3.8) is 0 Å². The van der Waals surface area contributed by atoms with Gasteiger partial charge in [-0.3, -0.25) is 19.2 Å². The highest BCUT2D eigenvalue weighted by Gasteiger charge is 2.39. The first kappa shape index (κ1) is 28.3. The Morgan fingerprint density at radius 2 is 1.82 bits per heavy atom. The molecule has 1 aliphatic rings. The van der Waals surface area contributed by atoms with Crippen molar-refractivity contribution < 1.29 is 34.2 Å². The first-order valence-electron chi connectivity index (χ1n) is 12.3. The lowest BCUT2D eigenvalue weighted by Gasteiger charge is -2.30. The van der Waals surface area contributed by atoms with Gasteiger partial charge in [-0.1, -0.05) is 30.3 Å². The summed E-state index contributed by atoms with van der Waals surface area (Å²) in [6.07, 6.45) is 3.43. The number of nitrogens with one attached hydrogen (secondary N) is 3.